The van der Waals surface area contributed by atoms with Crippen LogP contribution in [0.2, 0.25) is 0 Å². The number of alkyl carbamates (subject to hydrolysis) is 2. The van der Waals surface area contributed by atoms with Gasteiger partial charge in [0.25, 0.3) is 5.91 Å². The van der Waals surface area contributed by atoms with E-state index in [2.05, 4.69) is 88.4 Å². The minimum atomic E-state index is -0.875. The number of H-pyrrole nitrogens is 1. The normalized spacial score (nSPS) is 18.1. The smallest absolute Gasteiger partial charge is 0.407 e. The third-order valence-corrected chi connectivity index (χ3v) is 12.3. The van der Waals surface area contributed by atoms with Gasteiger partial charge in [-0.1, -0.05) is 117 Å². The number of nitrogens with zero attached hydrogens (tertiary/aromatic N) is 4. The van der Waals surface area contributed by atoms with Gasteiger partial charge >= 0.3 is 12.2 Å². The molecule has 3 aliphatic rings. The molecule has 0 unspecified atom stereocenters. The first-order chi connectivity index (χ1) is 30.6. The monoisotopic (exact) mass is 847 g/mol. The van der Waals surface area contributed by atoms with Gasteiger partial charge in [-0.15, -0.1) is 0 Å². The molecule has 2 fully saturated rings. The first kappa shape index (κ1) is 42.7. The maximum atomic E-state index is 13.9. The molecule has 0 radical (unpaired) electrons. The van der Waals surface area contributed by atoms with Crippen LogP contribution in [0.3, 0.4) is 0 Å². The van der Waals surface area contributed by atoms with Gasteiger partial charge in [-0.3, -0.25) is 14.6 Å². The molecular weight excluding hydrogens is 795 g/mol. The summed E-state index contributed by atoms with van der Waals surface area (Å²) in [5, 5.41) is 5.44. The molecule has 324 valence electrons. The summed E-state index contributed by atoms with van der Waals surface area (Å²) >= 11 is 0. The summed E-state index contributed by atoms with van der Waals surface area (Å²) in [5.74, 6) is 0.324. The summed E-state index contributed by atoms with van der Waals surface area (Å²) in [4.78, 5) is 68.4. The Morgan fingerprint density at radius 3 is 1.76 bits per heavy atom. The molecule has 0 spiro atoms. The van der Waals surface area contributed by atoms with Gasteiger partial charge in [-0.2, -0.15) is 0 Å². The average molecular weight is 848 g/mol. The fourth-order valence-corrected chi connectivity index (χ4v) is 8.90. The molecule has 1 aromatic heterocycles. The summed E-state index contributed by atoms with van der Waals surface area (Å²) in [7, 11) is 2.59. The van der Waals surface area contributed by atoms with E-state index in [1.807, 2.05) is 61.5 Å². The number of likely N-dealkylation sites (tertiary alicyclic amines) is 2. The topological polar surface area (TPSA) is 158 Å². The number of hydrogen-bond acceptors (Lipinski definition) is 8. The predicted octanol–water partition coefficient (Wildman–Crippen LogP) is 8.73. The van der Waals surface area contributed by atoms with E-state index in [1.54, 1.807) is 4.90 Å². The number of ether oxygens (including phenoxy) is 2. The molecule has 4 heterocycles. The summed E-state index contributed by atoms with van der Waals surface area (Å²) in [6.45, 7) is 5.03. The first-order valence-electron chi connectivity index (χ1n) is 21.6. The third kappa shape index (κ3) is 9.28. The molecule has 3 aliphatic heterocycles. The van der Waals surface area contributed by atoms with Gasteiger partial charge in [-0.05, 0) is 76.1 Å². The summed E-state index contributed by atoms with van der Waals surface area (Å²) in [5.41, 5.74) is 10.1. The Bertz CT molecular complexity index is 2500. The van der Waals surface area contributed by atoms with Gasteiger partial charge in [-0.25, -0.2) is 14.6 Å². The van der Waals surface area contributed by atoms with E-state index in [0.29, 0.717) is 30.9 Å². The number of methoxy groups -OCH3 is 2. The van der Waals surface area contributed by atoms with Crippen molar-refractivity contribution in [3.05, 3.63) is 132 Å². The number of amides is 4. The second-order valence-electron chi connectivity index (χ2n) is 16.6. The Hall–Kier alpha value is -7.02. The van der Waals surface area contributed by atoms with Crippen LogP contribution in [0.25, 0.3) is 39.1 Å². The van der Waals surface area contributed by atoms with Gasteiger partial charge in [0.05, 0.1) is 38.2 Å². The quantitative estimate of drug-likeness (QED) is 0.113. The third-order valence-electron chi connectivity index (χ3n) is 12.3. The highest BCUT2D eigenvalue weighted by molar-refractivity contribution is 6.04. The van der Waals surface area contributed by atoms with Crippen molar-refractivity contribution in [1.82, 2.24) is 30.4 Å². The minimum Gasteiger partial charge on any atom is -0.453 e. The zero-order chi connectivity index (χ0) is 44.0. The van der Waals surface area contributed by atoms with Crippen LogP contribution in [0.4, 0.5) is 9.59 Å². The van der Waals surface area contributed by atoms with E-state index in [4.69, 9.17) is 19.5 Å². The number of allylic oxidation sites excluding steroid dienone is 1. The molecule has 3 N–H and O–H groups in total. The molecule has 4 aromatic carbocycles. The Morgan fingerprint density at radius 1 is 0.667 bits per heavy atom. The standard InChI is InChI=1S/C50H53N7O6/c1-31(2)44(54-49(60)62-3)47(58)56-26-8-12-42(56)40-28-39(29-51-40)36-20-18-34(19-21-36)32-14-16-33(17-15-32)35-22-24-37(25-23-35)41-30-52-46(53-41)43-13-9-27-57(43)48(59)45(55-50(61)63-4)38-10-6-5-7-11-38/h5-7,10-11,14-25,29-31,42-45H,8-9,12-13,26-28H2,1-4H3,(H,52,53)(H,54,60)(H,55,61)/t42-,43-,44-,45+/m0/s1. The summed E-state index contributed by atoms with van der Waals surface area (Å²) in [6, 6.07) is 32.7. The highest BCUT2D eigenvalue weighted by Crippen LogP contribution is 2.36. The van der Waals surface area contributed by atoms with Crippen molar-refractivity contribution >= 4 is 35.3 Å². The van der Waals surface area contributed by atoms with Gasteiger partial charge in [0.2, 0.25) is 5.91 Å². The van der Waals surface area contributed by atoms with Crippen LogP contribution in [0.5, 0.6) is 0 Å². The Balaban J connectivity index is 0.879. The molecule has 5 aromatic rings. The second kappa shape index (κ2) is 18.9. The molecule has 0 aliphatic carbocycles. The van der Waals surface area contributed by atoms with E-state index in [-0.39, 0.29) is 29.8 Å². The van der Waals surface area contributed by atoms with E-state index in [1.165, 1.54) is 14.2 Å². The summed E-state index contributed by atoms with van der Waals surface area (Å²) in [6.07, 6.45) is 6.45. The number of carbonyl (C=O) groups excluding carboxylic acids is 4. The molecule has 63 heavy (non-hydrogen) atoms. The Labute approximate surface area is 367 Å². The van der Waals surface area contributed by atoms with Crippen LogP contribution in [-0.4, -0.2) is 88.9 Å². The van der Waals surface area contributed by atoms with Gasteiger partial charge in [0, 0.05) is 31.4 Å². The van der Waals surface area contributed by atoms with Crippen LogP contribution in [-0.2, 0) is 19.1 Å². The van der Waals surface area contributed by atoms with Gasteiger partial charge < -0.3 is 34.9 Å². The highest BCUT2D eigenvalue weighted by atomic mass is 16.5. The van der Waals surface area contributed by atoms with E-state index in [9.17, 15) is 19.2 Å². The molecule has 0 bridgehead atoms. The number of benzene rings is 4. The fourth-order valence-electron chi connectivity index (χ4n) is 8.90. The zero-order valence-electron chi connectivity index (χ0n) is 36.0. The number of aromatic amines is 1. The van der Waals surface area contributed by atoms with Crippen molar-refractivity contribution in [3.8, 4) is 33.5 Å². The molecule has 13 heteroatoms. The maximum Gasteiger partial charge on any atom is 0.407 e. The number of aromatic nitrogens is 2. The van der Waals surface area contributed by atoms with Crippen molar-refractivity contribution in [2.75, 3.05) is 27.3 Å². The number of aliphatic imine (C=N–C) groups is 1. The zero-order valence-corrected chi connectivity index (χ0v) is 36.0. The Morgan fingerprint density at radius 2 is 1.19 bits per heavy atom. The first-order valence-corrected chi connectivity index (χ1v) is 21.6. The van der Waals surface area contributed by atoms with Crippen molar-refractivity contribution in [2.24, 2.45) is 10.9 Å². The SMILES string of the molecule is COC(=O)N[C@H](C(=O)N1CCC[C@H]1C1=NC=C(c2ccc(-c3ccc(-c4ccc(-c5cnc([C@@H]6CCCN6C(=O)[C@H](NC(=O)OC)c6ccccc6)[nH]5)cc4)cc3)cc2)C1)C(C)C. The Kier molecular flexibility index (Phi) is 12.8. The number of carbonyl (C=O) groups is 4. The molecular formula is C50H53N7O6. The molecule has 4 atom stereocenters. The van der Waals surface area contributed by atoms with Crippen LogP contribution in [0.15, 0.2) is 121 Å². The molecule has 4 amide bonds. The molecule has 8 rings (SSSR count). The summed E-state index contributed by atoms with van der Waals surface area (Å²) < 4.78 is 9.61. The van der Waals surface area contributed by atoms with E-state index >= 15 is 0 Å². The lowest BCUT2D eigenvalue weighted by Crippen LogP contribution is -2.53. The van der Waals surface area contributed by atoms with Gasteiger partial charge in [0.15, 0.2) is 0 Å². The number of hydrogen-bond donors (Lipinski definition) is 3. The van der Waals surface area contributed by atoms with Crippen LogP contribution < -0.4 is 10.6 Å². The van der Waals surface area contributed by atoms with Crippen LogP contribution >= 0.6 is 0 Å². The van der Waals surface area contributed by atoms with Crippen LogP contribution in [0, 0.1) is 5.92 Å². The molecule has 2 saturated heterocycles. The van der Waals surface area contributed by atoms with Crippen molar-refractivity contribution in [2.45, 2.75) is 70.1 Å². The fraction of sp³-hybridized carbons (Fsp3) is 0.320. The van der Waals surface area contributed by atoms with Crippen molar-refractivity contribution in [3.63, 3.8) is 0 Å². The van der Waals surface area contributed by atoms with Crippen molar-refractivity contribution in [1.29, 1.82) is 0 Å². The lowest BCUT2D eigenvalue weighted by atomic mass is 9.95. The van der Waals surface area contributed by atoms with Gasteiger partial charge in [0.1, 0.15) is 17.9 Å². The lowest BCUT2D eigenvalue weighted by Gasteiger charge is -2.31. The number of rotatable bonds is 12. The van der Waals surface area contributed by atoms with Crippen LogP contribution in [0.1, 0.15) is 75.0 Å². The molecule has 13 nitrogen and oxygen atoms in total. The molecule has 0 saturated carbocycles. The van der Waals surface area contributed by atoms with E-state index < -0.39 is 24.3 Å². The minimum absolute atomic E-state index is 0.0839. The largest absolute Gasteiger partial charge is 0.453 e. The second-order valence-corrected chi connectivity index (χ2v) is 16.6. The lowest BCUT2D eigenvalue weighted by molar-refractivity contribution is -0.135. The number of imidazole rings is 1. The maximum absolute atomic E-state index is 13.9. The number of nitrogens with one attached hydrogen (secondary N) is 3. The highest BCUT2D eigenvalue weighted by Gasteiger charge is 2.39. The van der Waals surface area contributed by atoms with E-state index in [0.717, 1.165) is 76.0 Å². The average Bonchev–Trinajstić information content (AvgIpc) is 4.17. The van der Waals surface area contributed by atoms with Crippen molar-refractivity contribution < 1.29 is 28.7 Å². The predicted molar refractivity (Wildman–Crippen MR) is 242 cm³/mol.